The highest BCUT2D eigenvalue weighted by molar-refractivity contribution is 5.05. The Hall–Kier alpha value is -0.300. The summed E-state index contributed by atoms with van der Waals surface area (Å²) in [5, 5.41) is 3.40. The van der Waals surface area contributed by atoms with Gasteiger partial charge in [0.15, 0.2) is 0 Å². The molecule has 1 saturated carbocycles. The predicted octanol–water partition coefficient (Wildman–Crippen LogP) is 3.37. The molecule has 1 unspecified atom stereocenters. The zero-order chi connectivity index (χ0) is 10.8. The van der Waals surface area contributed by atoms with Crippen molar-refractivity contribution in [2.24, 2.45) is 11.3 Å². The molecule has 0 spiro atoms. The first-order valence-electron chi connectivity index (χ1n) is 5.79. The molecule has 0 heterocycles. The maximum atomic E-state index is 4.08. The van der Waals surface area contributed by atoms with Gasteiger partial charge in [-0.15, -0.1) is 0 Å². The molecule has 1 aliphatic carbocycles. The molecule has 1 nitrogen and oxygen atoms in total. The number of hydrogen-bond acceptors (Lipinski definition) is 1. The van der Waals surface area contributed by atoms with Crippen LogP contribution in [0.4, 0.5) is 0 Å². The number of likely N-dealkylation sites (N-methyl/N-ethyl adjacent to an activating group) is 1. The molecule has 14 heavy (non-hydrogen) atoms. The van der Waals surface area contributed by atoms with Gasteiger partial charge < -0.3 is 5.32 Å². The molecule has 0 bridgehead atoms. The van der Waals surface area contributed by atoms with E-state index in [0.717, 1.165) is 5.92 Å². The Morgan fingerprint density at radius 2 is 1.86 bits per heavy atom. The third-order valence-corrected chi connectivity index (χ3v) is 3.70. The maximum absolute atomic E-state index is 4.08. The largest absolute Gasteiger partial charge is 0.313 e. The highest BCUT2D eigenvalue weighted by Crippen LogP contribution is 2.39. The molecule has 82 valence electrons. The second-order valence-corrected chi connectivity index (χ2v) is 5.61. The summed E-state index contributed by atoms with van der Waals surface area (Å²) >= 11 is 0. The summed E-state index contributed by atoms with van der Waals surface area (Å²) in [6.07, 6.45) is 5.43. The topological polar surface area (TPSA) is 12.0 Å². The van der Waals surface area contributed by atoms with Gasteiger partial charge in [-0.25, -0.2) is 0 Å². The average molecular weight is 195 g/mol. The van der Waals surface area contributed by atoms with E-state index < -0.39 is 0 Å². The molecule has 0 radical (unpaired) electrons. The first-order valence-corrected chi connectivity index (χ1v) is 5.79. The summed E-state index contributed by atoms with van der Waals surface area (Å²) in [6, 6.07) is 0.533. The van der Waals surface area contributed by atoms with Crippen LogP contribution in [0.3, 0.4) is 0 Å². The Labute approximate surface area is 89.0 Å². The van der Waals surface area contributed by atoms with Crippen molar-refractivity contribution < 1.29 is 0 Å². The van der Waals surface area contributed by atoms with Crippen molar-refractivity contribution in [1.29, 1.82) is 0 Å². The molecule has 1 fully saturated rings. The van der Waals surface area contributed by atoms with Crippen molar-refractivity contribution in [3.63, 3.8) is 0 Å². The van der Waals surface area contributed by atoms with Gasteiger partial charge in [0.2, 0.25) is 0 Å². The Morgan fingerprint density at radius 3 is 2.21 bits per heavy atom. The van der Waals surface area contributed by atoms with E-state index in [1.54, 1.807) is 0 Å². The second-order valence-electron chi connectivity index (χ2n) is 5.61. The lowest BCUT2D eigenvalue weighted by Crippen LogP contribution is -2.37. The zero-order valence-electron chi connectivity index (χ0n) is 10.2. The van der Waals surface area contributed by atoms with E-state index in [-0.39, 0.29) is 0 Å². The van der Waals surface area contributed by atoms with Crippen LogP contribution >= 0.6 is 0 Å². The average Bonchev–Trinajstić information content (AvgIpc) is 2.08. The summed E-state index contributed by atoms with van der Waals surface area (Å²) in [4.78, 5) is 0. The summed E-state index contributed by atoms with van der Waals surface area (Å²) in [5.41, 5.74) is 1.86. The molecular formula is C13H25N. The normalized spacial score (nSPS) is 24.6. The van der Waals surface area contributed by atoms with Crippen molar-refractivity contribution in [3.05, 3.63) is 12.2 Å². The van der Waals surface area contributed by atoms with Crippen molar-refractivity contribution in [2.45, 2.75) is 52.5 Å². The van der Waals surface area contributed by atoms with Gasteiger partial charge in [0.25, 0.3) is 0 Å². The van der Waals surface area contributed by atoms with E-state index in [4.69, 9.17) is 0 Å². The van der Waals surface area contributed by atoms with Gasteiger partial charge in [-0.1, -0.05) is 26.0 Å². The van der Waals surface area contributed by atoms with E-state index in [2.05, 4.69) is 39.7 Å². The van der Waals surface area contributed by atoms with Gasteiger partial charge in [-0.05, 0) is 51.0 Å². The van der Waals surface area contributed by atoms with Crippen LogP contribution in [0.25, 0.3) is 0 Å². The van der Waals surface area contributed by atoms with Gasteiger partial charge in [0.1, 0.15) is 0 Å². The Kier molecular flexibility index (Phi) is 3.77. The smallest absolute Gasteiger partial charge is 0.0299 e. The van der Waals surface area contributed by atoms with Crippen molar-refractivity contribution in [3.8, 4) is 0 Å². The van der Waals surface area contributed by atoms with Crippen LogP contribution in [0.5, 0.6) is 0 Å². The SMILES string of the molecule is C=C(C)C(NC)C1CCC(C)(C)CC1. The van der Waals surface area contributed by atoms with E-state index in [1.807, 2.05) is 0 Å². The van der Waals surface area contributed by atoms with Crippen LogP contribution in [0.15, 0.2) is 12.2 Å². The van der Waals surface area contributed by atoms with E-state index in [9.17, 15) is 0 Å². The molecule has 1 atom stereocenters. The molecular weight excluding hydrogens is 170 g/mol. The summed E-state index contributed by atoms with van der Waals surface area (Å²) < 4.78 is 0. The van der Waals surface area contributed by atoms with E-state index in [1.165, 1.54) is 31.3 Å². The summed E-state index contributed by atoms with van der Waals surface area (Å²) in [6.45, 7) is 11.0. The van der Waals surface area contributed by atoms with Crippen LogP contribution in [-0.2, 0) is 0 Å². The van der Waals surface area contributed by atoms with Gasteiger partial charge >= 0.3 is 0 Å². The van der Waals surface area contributed by atoms with Gasteiger partial charge in [-0.2, -0.15) is 0 Å². The molecule has 0 saturated heterocycles. The van der Waals surface area contributed by atoms with Gasteiger partial charge in [0.05, 0.1) is 0 Å². The monoisotopic (exact) mass is 195 g/mol. The van der Waals surface area contributed by atoms with Gasteiger partial charge in [0, 0.05) is 6.04 Å². The molecule has 0 aliphatic heterocycles. The minimum Gasteiger partial charge on any atom is -0.313 e. The fraction of sp³-hybridized carbons (Fsp3) is 0.846. The maximum Gasteiger partial charge on any atom is 0.0299 e. The number of rotatable bonds is 3. The summed E-state index contributed by atoms with van der Waals surface area (Å²) in [7, 11) is 2.05. The lowest BCUT2D eigenvalue weighted by molar-refractivity contribution is 0.173. The quantitative estimate of drug-likeness (QED) is 0.681. The van der Waals surface area contributed by atoms with Crippen molar-refractivity contribution in [2.75, 3.05) is 7.05 Å². The Morgan fingerprint density at radius 1 is 1.36 bits per heavy atom. The lowest BCUT2D eigenvalue weighted by atomic mass is 9.70. The minimum absolute atomic E-state index is 0.533. The predicted molar refractivity (Wildman–Crippen MR) is 63.4 cm³/mol. The standard InChI is InChI=1S/C13H25N/c1-10(2)12(14-5)11-6-8-13(3,4)9-7-11/h11-12,14H,1,6-9H2,2-5H3. The van der Waals surface area contributed by atoms with Crippen LogP contribution in [-0.4, -0.2) is 13.1 Å². The number of hydrogen-bond donors (Lipinski definition) is 1. The molecule has 1 heteroatoms. The number of nitrogens with one attached hydrogen (secondary N) is 1. The van der Waals surface area contributed by atoms with Crippen LogP contribution < -0.4 is 5.32 Å². The molecule has 0 aromatic heterocycles. The van der Waals surface area contributed by atoms with E-state index in [0.29, 0.717) is 11.5 Å². The third-order valence-electron chi connectivity index (χ3n) is 3.70. The van der Waals surface area contributed by atoms with Crippen molar-refractivity contribution >= 4 is 0 Å². The molecule has 1 aliphatic rings. The summed E-state index contributed by atoms with van der Waals surface area (Å²) in [5.74, 6) is 0.811. The molecule has 0 amide bonds. The van der Waals surface area contributed by atoms with Crippen LogP contribution in [0.2, 0.25) is 0 Å². The Balaban J connectivity index is 2.51. The molecule has 0 aromatic carbocycles. The molecule has 1 rings (SSSR count). The lowest BCUT2D eigenvalue weighted by Gasteiger charge is -2.38. The first-order chi connectivity index (χ1) is 6.46. The highest BCUT2D eigenvalue weighted by atomic mass is 14.9. The second kappa shape index (κ2) is 4.48. The fourth-order valence-corrected chi connectivity index (χ4v) is 2.64. The minimum atomic E-state index is 0.533. The Bertz CT molecular complexity index is 195. The zero-order valence-corrected chi connectivity index (χ0v) is 10.2. The van der Waals surface area contributed by atoms with Crippen LogP contribution in [0.1, 0.15) is 46.5 Å². The fourth-order valence-electron chi connectivity index (χ4n) is 2.64. The van der Waals surface area contributed by atoms with Crippen molar-refractivity contribution in [1.82, 2.24) is 5.32 Å². The van der Waals surface area contributed by atoms with Crippen LogP contribution in [0, 0.1) is 11.3 Å². The van der Waals surface area contributed by atoms with E-state index >= 15 is 0 Å². The highest BCUT2D eigenvalue weighted by Gasteiger charge is 2.30. The van der Waals surface area contributed by atoms with Gasteiger partial charge in [-0.3, -0.25) is 0 Å². The molecule has 0 aromatic rings. The molecule has 1 N–H and O–H groups in total. The third kappa shape index (κ3) is 2.84. The first kappa shape index (κ1) is 11.8.